The molecule has 0 bridgehead atoms. The van der Waals surface area contributed by atoms with E-state index in [-0.39, 0.29) is 18.6 Å². The molecule has 192 valence electrons. The van der Waals surface area contributed by atoms with Crippen molar-refractivity contribution in [3.05, 3.63) is 89.5 Å². The van der Waals surface area contributed by atoms with Gasteiger partial charge in [-0.05, 0) is 48.1 Å². The van der Waals surface area contributed by atoms with Crippen molar-refractivity contribution in [2.24, 2.45) is 0 Å². The lowest BCUT2D eigenvalue weighted by Gasteiger charge is -2.34. The predicted molar refractivity (Wildman–Crippen MR) is 143 cm³/mol. The number of carbonyl (C=O) groups excluding carboxylic acids is 2. The summed E-state index contributed by atoms with van der Waals surface area (Å²) in [4.78, 5) is 29.8. The number of carbonyl (C=O) groups is 2. The number of nitrogens with one attached hydrogen (secondary N) is 1. The van der Waals surface area contributed by atoms with Crippen molar-refractivity contribution in [3.8, 4) is 11.1 Å². The van der Waals surface area contributed by atoms with Crippen molar-refractivity contribution in [1.82, 2.24) is 9.80 Å². The summed E-state index contributed by atoms with van der Waals surface area (Å²) >= 11 is 0. The zero-order chi connectivity index (χ0) is 25.6. The monoisotopic (exact) mass is 499 g/mol. The molecular formula is C30H33N3O4. The summed E-state index contributed by atoms with van der Waals surface area (Å²) in [6.07, 6.45) is 1.82. The molecule has 2 N–H and O–H groups in total. The van der Waals surface area contributed by atoms with Gasteiger partial charge in [-0.2, -0.15) is 0 Å². The Balaban J connectivity index is 1.08. The van der Waals surface area contributed by atoms with Crippen LogP contribution in [0.1, 0.15) is 34.3 Å². The molecule has 2 amide bonds. The lowest BCUT2D eigenvalue weighted by molar-refractivity contribution is 0.0517. The smallest absolute Gasteiger partial charge is 0.411 e. The fraction of sp³-hybridized carbons (Fsp3) is 0.333. The van der Waals surface area contributed by atoms with Crippen LogP contribution in [0.15, 0.2) is 72.8 Å². The van der Waals surface area contributed by atoms with Crippen LogP contribution in [0.25, 0.3) is 11.1 Å². The zero-order valence-electron chi connectivity index (χ0n) is 20.9. The molecule has 0 atom stereocenters. The highest BCUT2D eigenvalue weighted by molar-refractivity contribution is 5.97. The second-order valence-electron chi connectivity index (χ2n) is 9.67. The van der Waals surface area contributed by atoms with E-state index >= 15 is 0 Å². The average Bonchev–Trinajstić information content (AvgIpc) is 2.94. The van der Waals surface area contributed by atoms with E-state index in [1.807, 2.05) is 77.7 Å². The maximum atomic E-state index is 13.0. The lowest BCUT2D eigenvalue weighted by atomic mass is 9.97. The summed E-state index contributed by atoms with van der Waals surface area (Å²) in [5.74, 6) is 0.0437. The van der Waals surface area contributed by atoms with E-state index in [2.05, 4.69) is 10.2 Å². The zero-order valence-corrected chi connectivity index (χ0v) is 20.9. The standard InChI is InChI=1S/C30H33N3O4/c34-21-22-10-11-24-12-17-33(29(35)27(24)20-22)19-18-32-15-13-25(14-16-32)37-30(36)31-28-9-5-4-8-26(28)23-6-2-1-3-7-23/h1-11,20,25,34H,12-19,21H2,(H,31,36). The van der Waals surface area contributed by atoms with Crippen LogP contribution in [-0.4, -0.2) is 65.7 Å². The molecule has 7 nitrogen and oxygen atoms in total. The van der Waals surface area contributed by atoms with Crippen molar-refractivity contribution < 1.29 is 19.4 Å². The van der Waals surface area contributed by atoms with Gasteiger partial charge < -0.3 is 19.6 Å². The topological polar surface area (TPSA) is 82.1 Å². The Morgan fingerprint density at radius 1 is 0.919 bits per heavy atom. The van der Waals surface area contributed by atoms with Crippen LogP contribution in [0.4, 0.5) is 10.5 Å². The van der Waals surface area contributed by atoms with E-state index in [9.17, 15) is 14.7 Å². The minimum atomic E-state index is -0.429. The number of anilines is 1. The van der Waals surface area contributed by atoms with E-state index in [4.69, 9.17) is 4.74 Å². The first-order chi connectivity index (χ1) is 18.1. The van der Waals surface area contributed by atoms with Gasteiger partial charge in [0.05, 0.1) is 12.3 Å². The van der Waals surface area contributed by atoms with Gasteiger partial charge in [0, 0.05) is 43.9 Å². The normalized spacial score (nSPS) is 16.4. The molecular weight excluding hydrogens is 466 g/mol. The van der Waals surface area contributed by atoms with Crippen molar-refractivity contribution in [2.45, 2.75) is 32.0 Å². The molecule has 0 aliphatic carbocycles. The van der Waals surface area contributed by atoms with Gasteiger partial charge in [0.25, 0.3) is 5.91 Å². The van der Waals surface area contributed by atoms with Gasteiger partial charge in [0.2, 0.25) is 0 Å². The second kappa shape index (κ2) is 11.6. The number of rotatable bonds is 7. The van der Waals surface area contributed by atoms with Crippen molar-refractivity contribution in [2.75, 3.05) is 38.0 Å². The van der Waals surface area contributed by atoms with Gasteiger partial charge in [-0.1, -0.05) is 60.7 Å². The van der Waals surface area contributed by atoms with Crippen LogP contribution < -0.4 is 5.32 Å². The number of likely N-dealkylation sites (tertiary alicyclic amines) is 1. The number of hydrogen-bond acceptors (Lipinski definition) is 5. The van der Waals surface area contributed by atoms with Gasteiger partial charge in [-0.15, -0.1) is 0 Å². The Morgan fingerprint density at radius 2 is 1.68 bits per heavy atom. The molecule has 1 fully saturated rings. The highest BCUT2D eigenvalue weighted by Gasteiger charge is 2.27. The van der Waals surface area contributed by atoms with Crippen LogP contribution in [0.2, 0.25) is 0 Å². The third kappa shape index (κ3) is 6.01. The van der Waals surface area contributed by atoms with Crippen LogP contribution in [-0.2, 0) is 17.8 Å². The van der Waals surface area contributed by atoms with Crippen LogP contribution in [0.3, 0.4) is 0 Å². The molecule has 0 unspecified atom stereocenters. The second-order valence-corrected chi connectivity index (χ2v) is 9.67. The molecule has 0 spiro atoms. The number of hydrogen-bond donors (Lipinski definition) is 2. The molecule has 1 saturated heterocycles. The molecule has 0 radical (unpaired) electrons. The highest BCUT2D eigenvalue weighted by Crippen LogP contribution is 2.28. The summed E-state index contributed by atoms with van der Waals surface area (Å²) in [6, 6.07) is 23.3. The minimum Gasteiger partial charge on any atom is -0.446 e. The van der Waals surface area contributed by atoms with Gasteiger partial charge in [0.1, 0.15) is 6.10 Å². The van der Waals surface area contributed by atoms with E-state index in [0.29, 0.717) is 18.7 Å². The SMILES string of the molecule is O=C(Nc1ccccc1-c1ccccc1)OC1CCN(CCN2CCc3ccc(CO)cc3C2=O)CC1. The van der Waals surface area contributed by atoms with Gasteiger partial charge >= 0.3 is 6.09 Å². The first kappa shape index (κ1) is 25.0. The Morgan fingerprint density at radius 3 is 2.46 bits per heavy atom. The fourth-order valence-corrected chi connectivity index (χ4v) is 5.14. The Labute approximate surface area is 217 Å². The summed E-state index contributed by atoms with van der Waals surface area (Å²) < 4.78 is 5.75. The summed E-state index contributed by atoms with van der Waals surface area (Å²) in [5.41, 5.74) is 5.26. The quantitative estimate of drug-likeness (QED) is 0.498. The number of aliphatic hydroxyl groups is 1. The average molecular weight is 500 g/mol. The van der Waals surface area contributed by atoms with Gasteiger partial charge in [-0.3, -0.25) is 10.1 Å². The fourth-order valence-electron chi connectivity index (χ4n) is 5.14. The van der Waals surface area contributed by atoms with Gasteiger partial charge in [-0.25, -0.2) is 4.79 Å². The van der Waals surface area contributed by atoms with Crippen LogP contribution >= 0.6 is 0 Å². The van der Waals surface area contributed by atoms with E-state index in [0.717, 1.165) is 66.8 Å². The van der Waals surface area contributed by atoms with Crippen LogP contribution in [0.5, 0.6) is 0 Å². The third-order valence-corrected chi connectivity index (χ3v) is 7.27. The summed E-state index contributed by atoms with van der Waals surface area (Å²) in [6.45, 7) is 3.77. The number of amides is 2. The number of benzene rings is 3. The lowest BCUT2D eigenvalue weighted by Crippen LogP contribution is -2.45. The molecule has 2 aliphatic heterocycles. The maximum Gasteiger partial charge on any atom is 0.411 e. The van der Waals surface area contributed by atoms with Crippen molar-refractivity contribution in [3.63, 3.8) is 0 Å². The first-order valence-electron chi connectivity index (χ1n) is 13.0. The third-order valence-electron chi connectivity index (χ3n) is 7.27. The van der Waals surface area contributed by atoms with Crippen LogP contribution in [0, 0.1) is 0 Å². The molecule has 37 heavy (non-hydrogen) atoms. The Kier molecular flexibility index (Phi) is 7.82. The highest BCUT2D eigenvalue weighted by atomic mass is 16.6. The van der Waals surface area contributed by atoms with Crippen molar-refractivity contribution >= 4 is 17.7 Å². The predicted octanol–water partition coefficient (Wildman–Crippen LogP) is 4.56. The largest absolute Gasteiger partial charge is 0.446 e. The van der Waals surface area contributed by atoms with E-state index < -0.39 is 6.09 Å². The number of piperidine rings is 1. The number of aliphatic hydroxyl groups excluding tert-OH is 1. The summed E-state index contributed by atoms with van der Waals surface area (Å²) in [7, 11) is 0. The number of nitrogens with zero attached hydrogens (tertiary/aromatic N) is 2. The maximum absolute atomic E-state index is 13.0. The molecule has 2 heterocycles. The molecule has 3 aromatic rings. The van der Waals surface area contributed by atoms with Crippen molar-refractivity contribution in [1.29, 1.82) is 0 Å². The molecule has 0 saturated carbocycles. The molecule has 2 aliphatic rings. The number of fused-ring (bicyclic) bond motifs is 1. The first-order valence-corrected chi connectivity index (χ1v) is 13.0. The minimum absolute atomic E-state index is 0.0437. The van der Waals surface area contributed by atoms with E-state index in [1.165, 1.54) is 0 Å². The molecule has 7 heteroatoms. The van der Waals surface area contributed by atoms with Gasteiger partial charge in [0.15, 0.2) is 0 Å². The number of ether oxygens (including phenoxy) is 1. The number of para-hydroxylation sites is 1. The Hall–Kier alpha value is -3.68. The molecule has 5 rings (SSSR count). The van der Waals surface area contributed by atoms with E-state index in [1.54, 1.807) is 0 Å². The molecule has 3 aromatic carbocycles. The molecule has 0 aromatic heterocycles. The summed E-state index contributed by atoms with van der Waals surface area (Å²) in [5, 5.41) is 12.3. The Bertz CT molecular complexity index is 1240.